The molecule has 0 saturated carbocycles. The first kappa shape index (κ1) is 18.4. The number of rotatable bonds is 5. The van der Waals surface area contributed by atoms with Gasteiger partial charge in [-0.25, -0.2) is 10.1 Å². The molecule has 3 aromatic heterocycles. The Morgan fingerprint density at radius 1 is 1.23 bits per heavy atom. The number of nitrogens with one attached hydrogen (secondary N) is 1. The number of hydrogen-bond donors (Lipinski definition) is 2. The second kappa shape index (κ2) is 7.29. The maximum Gasteiger partial charge on any atom is 0.294 e. The minimum absolute atomic E-state index is 0.0231. The molecule has 0 saturated heterocycles. The van der Waals surface area contributed by atoms with Crippen LogP contribution in [0.3, 0.4) is 0 Å². The van der Waals surface area contributed by atoms with E-state index in [1.165, 1.54) is 10.9 Å². The van der Waals surface area contributed by atoms with Gasteiger partial charge >= 0.3 is 0 Å². The predicted octanol–water partition coefficient (Wildman–Crippen LogP) is 1.29. The quantitative estimate of drug-likeness (QED) is 0.353. The largest absolute Gasteiger partial charge is 0.460 e. The molecule has 0 atom stereocenters. The summed E-state index contributed by atoms with van der Waals surface area (Å²) in [4.78, 5) is 12.8. The van der Waals surface area contributed by atoms with Gasteiger partial charge in [0.1, 0.15) is 17.2 Å². The van der Waals surface area contributed by atoms with Gasteiger partial charge in [-0.05, 0) is 47.6 Å². The first-order chi connectivity index (χ1) is 15.1. The summed E-state index contributed by atoms with van der Waals surface area (Å²) in [6.45, 7) is 1.90. The Morgan fingerprint density at radius 3 is 2.87 bits per heavy atom. The van der Waals surface area contributed by atoms with Crippen LogP contribution >= 0.6 is 0 Å². The first-order valence-electron chi connectivity index (χ1n) is 8.94. The number of carbonyl (C=O) groups excluding carboxylic acids is 1. The highest BCUT2D eigenvalue weighted by atomic mass is 16.7. The molecule has 31 heavy (non-hydrogen) atoms. The molecule has 5 rings (SSSR count). The normalized spacial score (nSPS) is 12.5. The molecule has 1 aliphatic rings. The van der Waals surface area contributed by atoms with Crippen molar-refractivity contribution in [3.05, 3.63) is 47.5 Å². The van der Waals surface area contributed by atoms with Crippen molar-refractivity contribution >= 4 is 17.9 Å². The van der Waals surface area contributed by atoms with Crippen LogP contribution in [-0.2, 0) is 0 Å². The van der Waals surface area contributed by atoms with Gasteiger partial charge in [0, 0.05) is 5.56 Å². The highest BCUT2D eigenvalue weighted by Gasteiger charge is 2.26. The van der Waals surface area contributed by atoms with Crippen LogP contribution in [0.15, 0.2) is 44.5 Å². The number of aryl methyl sites for hydroxylation is 1. The molecule has 0 unspecified atom stereocenters. The van der Waals surface area contributed by atoms with Gasteiger partial charge in [0.05, 0.1) is 6.21 Å². The molecular formula is C18H14N8O5. The van der Waals surface area contributed by atoms with E-state index in [0.717, 1.165) is 5.76 Å². The zero-order valence-electron chi connectivity index (χ0n) is 16.0. The molecule has 13 nitrogen and oxygen atoms in total. The van der Waals surface area contributed by atoms with Crippen molar-refractivity contribution < 1.29 is 23.3 Å². The molecule has 1 aliphatic heterocycles. The van der Waals surface area contributed by atoms with E-state index >= 15 is 0 Å². The van der Waals surface area contributed by atoms with Gasteiger partial charge in [0.2, 0.25) is 18.4 Å². The Morgan fingerprint density at radius 2 is 2.10 bits per heavy atom. The molecule has 0 radical (unpaired) electrons. The number of carbonyl (C=O) groups is 1. The van der Waals surface area contributed by atoms with Crippen molar-refractivity contribution in [2.24, 2.45) is 5.10 Å². The van der Waals surface area contributed by atoms with Crippen LogP contribution in [0.4, 0.5) is 5.82 Å². The Labute approximate surface area is 173 Å². The van der Waals surface area contributed by atoms with Gasteiger partial charge in [0.15, 0.2) is 17.2 Å². The predicted molar refractivity (Wildman–Crippen MR) is 104 cm³/mol. The summed E-state index contributed by atoms with van der Waals surface area (Å²) >= 11 is 0. The monoisotopic (exact) mass is 422 g/mol. The average molecular weight is 422 g/mol. The number of ether oxygens (including phenoxy) is 2. The number of nitrogens with two attached hydrogens (primary N) is 1. The molecule has 0 bridgehead atoms. The lowest BCUT2D eigenvalue weighted by molar-refractivity contribution is 0.0950. The lowest BCUT2D eigenvalue weighted by Gasteiger charge is -2.06. The fourth-order valence-corrected chi connectivity index (χ4v) is 2.95. The molecule has 0 spiro atoms. The fraction of sp³-hybridized carbons (Fsp3) is 0.111. The number of nitrogens with zero attached hydrogens (tertiary/aromatic N) is 6. The molecule has 4 heterocycles. The van der Waals surface area contributed by atoms with Crippen molar-refractivity contribution in [2.45, 2.75) is 6.92 Å². The van der Waals surface area contributed by atoms with Gasteiger partial charge in [-0.1, -0.05) is 5.21 Å². The van der Waals surface area contributed by atoms with Crippen molar-refractivity contribution in [2.75, 3.05) is 12.5 Å². The van der Waals surface area contributed by atoms with Crippen LogP contribution in [-0.4, -0.2) is 44.2 Å². The zero-order valence-corrected chi connectivity index (χ0v) is 16.0. The summed E-state index contributed by atoms with van der Waals surface area (Å²) in [6, 6.07) is 8.62. The second-order valence-corrected chi connectivity index (χ2v) is 6.39. The maximum atomic E-state index is 12.8. The molecular weight excluding hydrogens is 408 g/mol. The molecule has 4 aromatic rings. The molecule has 156 valence electrons. The minimum atomic E-state index is -0.617. The fourth-order valence-electron chi connectivity index (χ4n) is 2.95. The lowest BCUT2D eigenvalue weighted by Crippen LogP contribution is -2.19. The zero-order chi connectivity index (χ0) is 21.4. The topological polar surface area (TPSA) is 169 Å². The summed E-state index contributed by atoms with van der Waals surface area (Å²) < 4.78 is 22.1. The van der Waals surface area contributed by atoms with Gasteiger partial charge in [-0.2, -0.15) is 9.78 Å². The Kier molecular flexibility index (Phi) is 4.32. The molecule has 0 aliphatic carbocycles. The third-order valence-electron chi connectivity index (χ3n) is 4.35. The van der Waals surface area contributed by atoms with E-state index in [0.29, 0.717) is 22.8 Å². The Balaban J connectivity index is 1.53. The number of amides is 1. The highest BCUT2D eigenvalue weighted by Crippen LogP contribution is 2.37. The Bertz CT molecular complexity index is 1300. The number of hydrazone groups is 1. The second-order valence-electron chi connectivity index (χ2n) is 6.39. The van der Waals surface area contributed by atoms with E-state index in [9.17, 15) is 4.79 Å². The summed E-state index contributed by atoms with van der Waals surface area (Å²) in [6.07, 6.45) is 1.37. The van der Waals surface area contributed by atoms with E-state index in [2.05, 4.69) is 35.8 Å². The number of furan rings is 1. The number of aromatic nitrogens is 5. The summed E-state index contributed by atoms with van der Waals surface area (Å²) in [5, 5.41) is 19.2. The minimum Gasteiger partial charge on any atom is -0.460 e. The van der Waals surface area contributed by atoms with Gasteiger partial charge in [-0.15, -0.1) is 5.10 Å². The van der Waals surface area contributed by atoms with E-state index < -0.39 is 5.91 Å². The summed E-state index contributed by atoms with van der Waals surface area (Å²) in [5.41, 5.74) is 9.00. The highest BCUT2D eigenvalue weighted by molar-refractivity contribution is 5.98. The maximum absolute atomic E-state index is 12.8. The van der Waals surface area contributed by atoms with Crippen molar-refractivity contribution in [1.29, 1.82) is 0 Å². The number of fused-ring (bicyclic) bond motifs is 1. The summed E-state index contributed by atoms with van der Waals surface area (Å²) in [5.74, 6) is 1.73. The molecule has 0 fully saturated rings. The number of anilines is 1. The van der Waals surface area contributed by atoms with Crippen LogP contribution < -0.4 is 20.6 Å². The van der Waals surface area contributed by atoms with Crippen molar-refractivity contribution in [3.63, 3.8) is 0 Å². The summed E-state index contributed by atoms with van der Waals surface area (Å²) in [7, 11) is 0. The Hall–Kier alpha value is -4.68. The molecule has 1 aromatic carbocycles. The van der Waals surface area contributed by atoms with E-state index in [1.807, 2.05) is 0 Å². The van der Waals surface area contributed by atoms with Crippen molar-refractivity contribution in [3.8, 4) is 28.6 Å². The van der Waals surface area contributed by atoms with Gasteiger partial charge in [0.25, 0.3) is 5.91 Å². The standard InChI is InChI=1S/C18H14N8O5/c1-9-2-4-11(30-9)7-20-22-18(27)14-15(10-3-5-12-13(6-10)29-8-28-12)26(25-21-14)17-16(19)23-31-24-17/h2-7H,8H2,1H3,(H2,19,23)(H,22,27)/b20-7+. The van der Waals surface area contributed by atoms with Crippen LogP contribution in [0, 0.1) is 6.92 Å². The molecule has 3 N–H and O–H groups in total. The smallest absolute Gasteiger partial charge is 0.294 e. The van der Waals surface area contributed by atoms with E-state index in [-0.39, 0.29) is 29.8 Å². The van der Waals surface area contributed by atoms with Crippen LogP contribution in [0.1, 0.15) is 22.0 Å². The number of nitrogen functional groups attached to an aromatic ring is 1. The van der Waals surface area contributed by atoms with Crippen molar-refractivity contribution in [1.82, 2.24) is 30.7 Å². The third-order valence-corrected chi connectivity index (χ3v) is 4.35. The lowest BCUT2D eigenvalue weighted by atomic mass is 10.1. The van der Waals surface area contributed by atoms with Gasteiger partial charge < -0.3 is 19.6 Å². The van der Waals surface area contributed by atoms with Crippen LogP contribution in [0.25, 0.3) is 17.1 Å². The van der Waals surface area contributed by atoms with Crippen LogP contribution in [0.5, 0.6) is 11.5 Å². The number of benzene rings is 1. The third kappa shape index (κ3) is 3.33. The average Bonchev–Trinajstić information content (AvgIpc) is 3.53. The van der Waals surface area contributed by atoms with E-state index in [4.69, 9.17) is 19.6 Å². The SMILES string of the molecule is Cc1ccc(/C=N/NC(=O)c2nnn(-c3nonc3N)c2-c2ccc3c(c2)OCO3)o1. The molecule has 13 heteroatoms. The number of hydrogen-bond acceptors (Lipinski definition) is 11. The van der Waals surface area contributed by atoms with Crippen LogP contribution in [0.2, 0.25) is 0 Å². The van der Waals surface area contributed by atoms with E-state index in [1.54, 1.807) is 37.3 Å². The molecule has 1 amide bonds. The van der Waals surface area contributed by atoms with Gasteiger partial charge in [-0.3, -0.25) is 4.79 Å². The first-order valence-corrected chi connectivity index (χ1v) is 8.94.